The van der Waals surface area contributed by atoms with Crippen molar-refractivity contribution in [1.29, 1.82) is 21.0 Å². The molecule has 4 aliphatic rings. The van der Waals surface area contributed by atoms with E-state index in [2.05, 4.69) is 76.2 Å². The number of carbonyl (C=O) groups excluding carboxylic acids is 2. The van der Waals surface area contributed by atoms with Gasteiger partial charge in [-0.05, 0) is 128 Å². The Balaban J connectivity index is 0.786. The topological polar surface area (TPSA) is 129 Å². The first-order chi connectivity index (χ1) is 35.8. The van der Waals surface area contributed by atoms with E-state index in [0.717, 1.165) is 29.3 Å². The third kappa shape index (κ3) is 6.13. The summed E-state index contributed by atoms with van der Waals surface area (Å²) in [6.45, 7) is 9.50. The second-order valence-electron chi connectivity index (χ2n) is 19.8. The largest absolute Gasteiger partial charge is 0.289 e. The van der Waals surface area contributed by atoms with Crippen LogP contribution in [-0.4, -0.2) is 11.6 Å². The molecule has 0 N–H and O–H groups in total. The zero-order valence-corrected chi connectivity index (χ0v) is 44.5. The number of hydrogen-bond acceptors (Lipinski definition) is 12. The zero-order chi connectivity index (χ0) is 50.7. The highest BCUT2D eigenvalue weighted by atomic mass is 32.1. The van der Waals surface area contributed by atoms with Gasteiger partial charge in [-0.25, -0.2) is 0 Å². The smallest absolute Gasteiger partial charge is 0.194 e. The average Bonchev–Trinajstić information content (AvgIpc) is 4.30. The second-order valence-corrected chi connectivity index (χ2v) is 26.3. The highest BCUT2D eigenvalue weighted by Crippen LogP contribution is 2.64. The molecule has 0 saturated carbocycles. The number of allylic oxidation sites excluding steroid dienone is 6. The number of hydrogen-bond donors (Lipinski definition) is 0. The van der Waals surface area contributed by atoms with Crippen molar-refractivity contribution in [3.05, 3.63) is 186 Å². The molecule has 6 heterocycles. The van der Waals surface area contributed by atoms with E-state index in [1.807, 2.05) is 83.4 Å². The summed E-state index contributed by atoms with van der Waals surface area (Å²) in [6.07, 6.45) is 3.66. The molecule has 0 unspecified atom stereocenters. The molecule has 0 spiro atoms. The van der Waals surface area contributed by atoms with Crippen molar-refractivity contribution in [2.75, 3.05) is 0 Å². The van der Waals surface area contributed by atoms with Gasteiger partial charge in [-0.15, -0.1) is 68.0 Å². The molecule has 4 aromatic carbocycles. The molecule has 0 amide bonds. The number of nitrogens with zero attached hydrogens (tertiary/aromatic N) is 4. The van der Waals surface area contributed by atoms with Crippen LogP contribution < -0.4 is 0 Å². The Labute approximate surface area is 448 Å². The SMILES string of the molecule is CC1(C)c2cc3cc(-c4ccc(C=C5C(=O)c6ccccc6C5=C(C#N)C#N)s4)sc3cc2-c2sc3c4c(sc3c21)-c1cc2sc(-c3ccc(C=C5C(=O)c6ccccc6C5=C(C#N)C#N)s3)cc2cc1C4(C)C. The van der Waals surface area contributed by atoms with Gasteiger partial charge in [0.05, 0.1) is 9.40 Å². The first-order valence-electron chi connectivity index (χ1n) is 23.6. The summed E-state index contributed by atoms with van der Waals surface area (Å²) >= 11 is 10.7. The molecule has 0 bridgehead atoms. The monoisotopic (exact) mass is 1060 g/mol. The molecule has 0 radical (unpaired) electrons. The molecule has 0 fully saturated rings. The van der Waals surface area contributed by atoms with E-state index in [0.29, 0.717) is 44.5 Å². The summed E-state index contributed by atoms with van der Waals surface area (Å²) in [7, 11) is 0. The first-order valence-corrected chi connectivity index (χ1v) is 28.5. The fourth-order valence-electron chi connectivity index (χ4n) is 11.6. The lowest BCUT2D eigenvalue weighted by atomic mass is 9.81. The Morgan fingerprint density at radius 2 is 0.838 bits per heavy atom. The third-order valence-electron chi connectivity index (χ3n) is 15.1. The Hall–Kier alpha value is -7.88. The van der Waals surface area contributed by atoms with Gasteiger partial charge in [0, 0.05) is 92.7 Å². The molecular formula is C62H32N4O2S6. The molecule has 6 nitrogen and oxygen atoms in total. The minimum Gasteiger partial charge on any atom is -0.289 e. The average molecular weight is 1060 g/mol. The van der Waals surface area contributed by atoms with E-state index in [9.17, 15) is 30.6 Å². The maximum atomic E-state index is 13.6. The van der Waals surface area contributed by atoms with Crippen LogP contribution in [0.1, 0.15) is 91.5 Å². The summed E-state index contributed by atoms with van der Waals surface area (Å²) in [5.41, 5.74) is 11.5. The Morgan fingerprint density at radius 1 is 0.446 bits per heavy atom. The molecule has 0 saturated heterocycles. The maximum Gasteiger partial charge on any atom is 0.194 e. The number of nitriles is 4. The standard InChI is InChI=1S/C62H32N4O2S6/c1-61(2)43-17-29-19-49(45-15-13-33(69-45)21-41-51(31(25-63)26-64)35-9-5-7-11-37(35)55(41)67)71-47(29)23-39(43)57-53(61)59-60(73-57)54-58(74-59)40-24-48-30(18-44(40)62(54,3)4)20-50(72-48)46-16-14-34(70-46)22-42-52(32(27-65)28-66)36-10-6-8-12-38(36)56(42)68/h5-24H,1-4H3. The van der Waals surface area contributed by atoms with Crippen LogP contribution in [0.3, 0.4) is 0 Å². The molecule has 6 aromatic heterocycles. The van der Waals surface area contributed by atoms with Crippen molar-refractivity contribution in [3.8, 4) is 64.7 Å². The number of ketones is 2. The predicted octanol–water partition coefficient (Wildman–Crippen LogP) is 17.6. The molecule has 14 rings (SSSR count). The Kier molecular flexibility index (Phi) is 9.57. The molecule has 0 aliphatic heterocycles. The maximum absolute atomic E-state index is 13.6. The number of rotatable bonds is 4. The quantitative estimate of drug-likeness (QED) is 0.127. The van der Waals surface area contributed by atoms with E-state index in [-0.39, 0.29) is 33.5 Å². The van der Waals surface area contributed by atoms with Gasteiger partial charge < -0.3 is 0 Å². The number of fused-ring (bicyclic) bond motifs is 13. The van der Waals surface area contributed by atoms with Gasteiger partial charge in [0.1, 0.15) is 35.4 Å². The summed E-state index contributed by atoms with van der Waals surface area (Å²) in [5.74, 6) is -0.351. The van der Waals surface area contributed by atoms with E-state index in [1.165, 1.54) is 72.7 Å². The summed E-state index contributed by atoms with van der Waals surface area (Å²) < 4.78 is 5.24. The molecule has 10 aromatic rings. The molecule has 0 atom stereocenters. The fourth-order valence-corrected chi connectivity index (χ4v) is 19.5. The van der Waals surface area contributed by atoms with Crippen LogP contribution in [0.5, 0.6) is 0 Å². The van der Waals surface area contributed by atoms with E-state index >= 15 is 0 Å². The van der Waals surface area contributed by atoms with Crippen molar-refractivity contribution >= 4 is 132 Å². The summed E-state index contributed by atoms with van der Waals surface area (Å²) in [5, 5.41) is 41.7. The van der Waals surface area contributed by atoms with Crippen LogP contribution >= 0.6 is 68.0 Å². The fraction of sp³-hybridized carbons (Fsp3) is 0.0968. The van der Waals surface area contributed by atoms with E-state index in [1.54, 1.807) is 81.7 Å². The third-order valence-corrected chi connectivity index (χ3v) is 22.4. The van der Waals surface area contributed by atoms with Gasteiger partial charge >= 0.3 is 0 Å². The van der Waals surface area contributed by atoms with Crippen molar-refractivity contribution in [2.45, 2.75) is 38.5 Å². The number of carbonyl (C=O) groups is 2. The summed E-state index contributed by atoms with van der Waals surface area (Å²) in [4.78, 5) is 36.2. The van der Waals surface area contributed by atoms with Gasteiger partial charge in [0.2, 0.25) is 0 Å². The van der Waals surface area contributed by atoms with E-state index < -0.39 is 0 Å². The lowest BCUT2D eigenvalue weighted by molar-refractivity contribution is 0.103. The Morgan fingerprint density at radius 3 is 1.23 bits per heavy atom. The number of benzene rings is 4. The summed E-state index contributed by atoms with van der Waals surface area (Å²) in [6, 6.07) is 44.8. The van der Waals surface area contributed by atoms with Crippen LogP contribution in [0, 0.1) is 45.3 Å². The van der Waals surface area contributed by atoms with E-state index in [4.69, 9.17) is 0 Å². The van der Waals surface area contributed by atoms with Crippen LogP contribution in [0.25, 0.3) is 93.3 Å². The van der Waals surface area contributed by atoms with Crippen molar-refractivity contribution in [3.63, 3.8) is 0 Å². The molecule has 4 aliphatic carbocycles. The Bertz CT molecular complexity index is 4320. The normalized spacial score (nSPS) is 16.3. The van der Waals surface area contributed by atoms with Gasteiger partial charge in [-0.3, -0.25) is 9.59 Å². The molecular weight excluding hydrogens is 1030 g/mol. The highest BCUT2D eigenvalue weighted by molar-refractivity contribution is 7.32. The highest BCUT2D eigenvalue weighted by Gasteiger charge is 2.46. The van der Waals surface area contributed by atoms with Crippen LogP contribution in [0.4, 0.5) is 0 Å². The lowest BCUT2D eigenvalue weighted by Gasteiger charge is -2.22. The van der Waals surface area contributed by atoms with Gasteiger partial charge in [-0.1, -0.05) is 76.2 Å². The zero-order valence-electron chi connectivity index (χ0n) is 39.6. The number of Topliss-reactive ketones (excluding diaryl/α,β-unsaturated/α-hetero) is 2. The number of thiophene rings is 6. The van der Waals surface area contributed by atoms with Gasteiger partial charge in [0.25, 0.3) is 0 Å². The predicted molar refractivity (Wildman–Crippen MR) is 306 cm³/mol. The van der Waals surface area contributed by atoms with Crippen LogP contribution in [0.15, 0.2) is 131 Å². The van der Waals surface area contributed by atoms with Gasteiger partial charge in [0.15, 0.2) is 11.6 Å². The van der Waals surface area contributed by atoms with Gasteiger partial charge in [-0.2, -0.15) is 21.0 Å². The molecule has 74 heavy (non-hydrogen) atoms. The minimum absolute atomic E-state index is 0.0628. The lowest BCUT2D eigenvalue weighted by Crippen LogP contribution is -2.15. The molecule has 12 heteroatoms. The van der Waals surface area contributed by atoms with Crippen molar-refractivity contribution in [2.24, 2.45) is 0 Å². The first kappa shape index (κ1) is 44.8. The molecule has 348 valence electrons. The van der Waals surface area contributed by atoms with Crippen molar-refractivity contribution < 1.29 is 9.59 Å². The van der Waals surface area contributed by atoms with Crippen LogP contribution in [0.2, 0.25) is 0 Å². The minimum atomic E-state index is -0.210. The van der Waals surface area contributed by atoms with Crippen LogP contribution in [-0.2, 0) is 10.8 Å². The second kappa shape index (κ2) is 15.8. The van der Waals surface area contributed by atoms with Crippen molar-refractivity contribution in [1.82, 2.24) is 0 Å².